The van der Waals surface area contributed by atoms with E-state index in [9.17, 15) is 0 Å². The molecule has 0 aliphatic heterocycles. The highest BCUT2D eigenvalue weighted by molar-refractivity contribution is 5.29. The van der Waals surface area contributed by atoms with Crippen LogP contribution in [0.2, 0.25) is 0 Å². The smallest absolute Gasteiger partial charge is 0.00724 e. The van der Waals surface area contributed by atoms with E-state index in [0.29, 0.717) is 5.41 Å². The van der Waals surface area contributed by atoms with Crippen LogP contribution in [0.5, 0.6) is 0 Å². The normalized spacial score (nSPS) is 27.2. The summed E-state index contributed by atoms with van der Waals surface area (Å²) in [6.07, 6.45) is 16.0. The predicted molar refractivity (Wildman–Crippen MR) is 51.7 cm³/mol. The summed E-state index contributed by atoms with van der Waals surface area (Å²) in [4.78, 5) is 0. The standard InChI is InChI=1S/C12H17/c1-12(9-5-2-6-10-12)11-7-3-4-8-11/h3,7H,2,4-6,9-10H2,1H3. The lowest BCUT2D eigenvalue weighted by Crippen LogP contribution is -2.21. The van der Waals surface area contributed by atoms with Crippen LogP contribution in [0.15, 0.2) is 17.7 Å². The van der Waals surface area contributed by atoms with E-state index >= 15 is 0 Å². The average Bonchev–Trinajstić information content (AvgIpc) is 2.58. The molecule has 0 aromatic heterocycles. The predicted octanol–water partition coefficient (Wildman–Crippen LogP) is 3.65. The summed E-state index contributed by atoms with van der Waals surface area (Å²) in [5.41, 5.74) is 1.97. The van der Waals surface area contributed by atoms with Crippen molar-refractivity contribution in [2.45, 2.75) is 45.4 Å². The van der Waals surface area contributed by atoms with Gasteiger partial charge >= 0.3 is 0 Å². The minimum atomic E-state index is 0.477. The van der Waals surface area contributed by atoms with Crippen molar-refractivity contribution in [2.75, 3.05) is 0 Å². The lowest BCUT2D eigenvalue weighted by molar-refractivity contribution is 0.272. The van der Waals surface area contributed by atoms with Gasteiger partial charge in [-0.15, -0.1) is 0 Å². The quantitative estimate of drug-likeness (QED) is 0.550. The molecule has 0 unspecified atom stereocenters. The molecule has 0 N–H and O–H groups in total. The fraction of sp³-hybridized carbons (Fsp3) is 0.667. The van der Waals surface area contributed by atoms with Crippen LogP contribution in [-0.4, -0.2) is 0 Å². The van der Waals surface area contributed by atoms with Gasteiger partial charge in [0.2, 0.25) is 0 Å². The van der Waals surface area contributed by atoms with Gasteiger partial charge in [-0.2, -0.15) is 0 Å². The molecule has 2 aliphatic carbocycles. The van der Waals surface area contributed by atoms with Gasteiger partial charge in [0.25, 0.3) is 0 Å². The molecular weight excluding hydrogens is 144 g/mol. The summed E-state index contributed by atoms with van der Waals surface area (Å²) in [7, 11) is 0. The zero-order valence-corrected chi connectivity index (χ0v) is 7.90. The second-order valence-corrected chi connectivity index (χ2v) is 4.32. The Labute approximate surface area is 75.4 Å². The molecule has 1 radical (unpaired) electrons. The molecule has 1 fully saturated rings. The molecule has 0 heteroatoms. The fourth-order valence-electron chi connectivity index (χ4n) is 2.42. The molecule has 2 rings (SSSR count). The van der Waals surface area contributed by atoms with Gasteiger partial charge in [-0.05, 0) is 36.3 Å². The number of hydrogen-bond donors (Lipinski definition) is 0. The largest absolute Gasteiger partial charge is 0.0798 e. The van der Waals surface area contributed by atoms with Crippen molar-refractivity contribution < 1.29 is 0 Å². The van der Waals surface area contributed by atoms with Crippen molar-refractivity contribution in [1.29, 1.82) is 0 Å². The summed E-state index contributed by atoms with van der Waals surface area (Å²) in [6, 6.07) is 0. The summed E-state index contributed by atoms with van der Waals surface area (Å²) in [5.74, 6) is 0. The first-order chi connectivity index (χ1) is 5.81. The zero-order valence-electron chi connectivity index (χ0n) is 7.90. The fourth-order valence-corrected chi connectivity index (χ4v) is 2.42. The maximum atomic E-state index is 3.47. The van der Waals surface area contributed by atoms with Gasteiger partial charge in [0.15, 0.2) is 0 Å². The maximum Gasteiger partial charge on any atom is -0.00724 e. The molecule has 0 saturated heterocycles. The Hall–Kier alpha value is -0.520. The van der Waals surface area contributed by atoms with E-state index in [1.54, 1.807) is 0 Å². The monoisotopic (exact) mass is 161 g/mol. The van der Waals surface area contributed by atoms with Crippen molar-refractivity contribution in [3.05, 3.63) is 23.8 Å². The first kappa shape index (κ1) is 8.10. The van der Waals surface area contributed by atoms with Crippen molar-refractivity contribution in [3.8, 4) is 0 Å². The van der Waals surface area contributed by atoms with Gasteiger partial charge in [-0.3, -0.25) is 0 Å². The van der Waals surface area contributed by atoms with Crippen LogP contribution in [0.25, 0.3) is 0 Å². The Kier molecular flexibility index (Phi) is 2.08. The summed E-state index contributed by atoms with van der Waals surface area (Å²) in [6.45, 7) is 2.41. The topological polar surface area (TPSA) is 0 Å². The highest BCUT2D eigenvalue weighted by Gasteiger charge is 2.30. The van der Waals surface area contributed by atoms with Crippen molar-refractivity contribution in [3.63, 3.8) is 0 Å². The third kappa shape index (κ3) is 1.35. The molecule has 2 aliphatic rings. The van der Waals surface area contributed by atoms with Crippen molar-refractivity contribution in [1.82, 2.24) is 0 Å². The van der Waals surface area contributed by atoms with Crippen LogP contribution in [-0.2, 0) is 0 Å². The van der Waals surface area contributed by atoms with E-state index in [1.165, 1.54) is 37.7 Å². The van der Waals surface area contributed by atoms with E-state index in [-0.39, 0.29) is 0 Å². The van der Waals surface area contributed by atoms with E-state index in [4.69, 9.17) is 0 Å². The first-order valence-electron chi connectivity index (χ1n) is 5.09. The van der Waals surface area contributed by atoms with E-state index < -0.39 is 0 Å². The molecule has 0 spiro atoms. The number of rotatable bonds is 1. The molecule has 65 valence electrons. The minimum absolute atomic E-state index is 0.477. The van der Waals surface area contributed by atoms with Crippen LogP contribution in [0, 0.1) is 11.5 Å². The average molecular weight is 161 g/mol. The SMILES string of the molecule is CC1(C2=[C]CC=C2)CCCCC1. The molecule has 12 heavy (non-hydrogen) atoms. The Morgan fingerprint density at radius 2 is 2.00 bits per heavy atom. The van der Waals surface area contributed by atoms with Gasteiger partial charge in [0.1, 0.15) is 0 Å². The Bertz CT molecular complexity index is 214. The second-order valence-electron chi connectivity index (χ2n) is 4.32. The summed E-state index contributed by atoms with van der Waals surface area (Å²) < 4.78 is 0. The van der Waals surface area contributed by atoms with Crippen LogP contribution in [0.3, 0.4) is 0 Å². The van der Waals surface area contributed by atoms with Gasteiger partial charge in [-0.25, -0.2) is 0 Å². The third-order valence-electron chi connectivity index (χ3n) is 3.30. The van der Waals surface area contributed by atoms with Gasteiger partial charge in [-0.1, -0.05) is 38.3 Å². The number of allylic oxidation sites excluding steroid dienone is 4. The molecule has 0 amide bonds. The number of hydrogen-bond acceptors (Lipinski definition) is 0. The van der Waals surface area contributed by atoms with E-state index in [0.717, 1.165) is 6.42 Å². The molecule has 0 atom stereocenters. The van der Waals surface area contributed by atoms with Gasteiger partial charge in [0, 0.05) is 0 Å². The first-order valence-corrected chi connectivity index (χ1v) is 5.09. The van der Waals surface area contributed by atoms with Crippen LogP contribution < -0.4 is 0 Å². The van der Waals surface area contributed by atoms with Crippen LogP contribution >= 0.6 is 0 Å². The van der Waals surface area contributed by atoms with Crippen molar-refractivity contribution in [2.24, 2.45) is 5.41 Å². The Morgan fingerprint density at radius 3 is 2.58 bits per heavy atom. The van der Waals surface area contributed by atoms with E-state index in [1.807, 2.05) is 0 Å². The third-order valence-corrected chi connectivity index (χ3v) is 3.30. The molecule has 1 saturated carbocycles. The molecular formula is C12H17. The van der Waals surface area contributed by atoms with Gasteiger partial charge < -0.3 is 0 Å². The van der Waals surface area contributed by atoms with Gasteiger partial charge in [0.05, 0.1) is 0 Å². The maximum absolute atomic E-state index is 3.47. The minimum Gasteiger partial charge on any atom is -0.0798 e. The zero-order chi connectivity index (χ0) is 8.44. The molecule has 0 bridgehead atoms. The summed E-state index contributed by atoms with van der Waals surface area (Å²) >= 11 is 0. The summed E-state index contributed by atoms with van der Waals surface area (Å²) in [5, 5.41) is 0. The molecule has 0 aromatic rings. The van der Waals surface area contributed by atoms with Crippen molar-refractivity contribution >= 4 is 0 Å². The molecule has 0 heterocycles. The van der Waals surface area contributed by atoms with Crippen LogP contribution in [0.1, 0.15) is 45.4 Å². The van der Waals surface area contributed by atoms with Crippen LogP contribution in [0.4, 0.5) is 0 Å². The molecule has 0 nitrogen and oxygen atoms in total. The Balaban J connectivity index is 2.13. The lowest BCUT2D eigenvalue weighted by Gasteiger charge is -2.34. The second kappa shape index (κ2) is 3.08. The highest BCUT2D eigenvalue weighted by atomic mass is 14.3. The lowest BCUT2D eigenvalue weighted by atomic mass is 9.71. The molecule has 0 aromatic carbocycles. The van der Waals surface area contributed by atoms with E-state index in [2.05, 4.69) is 25.2 Å². The Morgan fingerprint density at radius 1 is 1.25 bits per heavy atom. The highest BCUT2D eigenvalue weighted by Crippen LogP contribution is 2.43.